The molecule has 0 spiro atoms. The molecule has 6 nitrogen and oxygen atoms in total. The zero-order valence-corrected chi connectivity index (χ0v) is 15.7. The van der Waals surface area contributed by atoms with E-state index in [9.17, 15) is 9.59 Å². The average molecular weight is 362 g/mol. The maximum absolute atomic E-state index is 11.9. The van der Waals surface area contributed by atoms with E-state index in [0.29, 0.717) is 13.0 Å². The molecular formula is C20H26O6. The molecule has 0 aromatic carbocycles. The van der Waals surface area contributed by atoms with Crippen LogP contribution < -0.4 is 0 Å². The molecule has 6 heteroatoms. The molecule has 0 radical (unpaired) electrons. The molecule has 0 aromatic heterocycles. The molecular weight excluding hydrogens is 336 g/mol. The van der Waals surface area contributed by atoms with Gasteiger partial charge in [-0.2, -0.15) is 0 Å². The third kappa shape index (κ3) is 6.32. The molecule has 26 heavy (non-hydrogen) atoms. The van der Waals surface area contributed by atoms with Crippen molar-refractivity contribution in [2.45, 2.75) is 58.5 Å². The summed E-state index contributed by atoms with van der Waals surface area (Å²) < 4.78 is 21.8. The van der Waals surface area contributed by atoms with Gasteiger partial charge in [0.1, 0.15) is 24.4 Å². The molecule has 0 bridgehead atoms. The molecule has 0 amide bonds. The van der Waals surface area contributed by atoms with E-state index < -0.39 is 11.5 Å². The van der Waals surface area contributed by atoms with E-state index in [1.807, 2.05) is 32.9 Å². The van der Waals surface area contributed by atoms with Crippen LogP contribution in [0.3, 0.4) is 0 Å². The van der Waals surface area contributed by atoms with Gasteiger partial charge in [0.05, 0.1) is 18.6 Å². The van der Waals surface area contributed by atoms with E-state index in [1.165, 1.54) is 6.92 Å². The van der Waals surface area contributed by atoms with Crippen LogP contribution in [0.25, 0.3) is 0 Å². The maximum Gasteiger partial charge on any atom is 0.311 e. The summed E-state index contributed by atoms with van der Waals surface area (Å²) in [5.41, 5.74) is -0.544. The minimum atomic E-state index is -0.544. The van der Waals surface area contributed by atoms with Crippen LogP contribution in [-0.4, -0.2) is 49.6 Å². The number of hydrogen-bond acceptors (Lipinski definition) is 6. The Kier molecular flexibility index (Phi) is 7.01. The first-order chi connectivity index (χ1) is 12.3. The molecule has 2 heterocycles. The van der Waals surface area contributed by atoms with Crippen molar-refractivity contribution in [3.05, 3.63) is 24.3 Å². The Hall–Kier alpha value is -2.10. The van der Waals surface area contributed by atoms with Gasteiger partial charge < -0.3 is 18.9 Å². The Balaban J connectivity index is 1.84. The van der Waals surface area contributed by atoms with Crippen LogP contribution in [0.5, 0.6) is 0 Å². The number of rotatable bonds is 3. The van der Waals surface area contributed by atoms with Gasteiger partial charge in [0.2, 0.25) is 0 Å². The first kappa shape index (κ1) is 20.2. The number of hydrogen-bond donors (Lipinski definition) is 0. The lowest BCUT2D eigenvalue weighted by Crippen LogP contribution is -2.34. The second-order valence-electron chi connectivity index (χ2n) is 7.23. The van der Waals surface area contributed by atoms with Crippen LogP contribution in [0.15, 0.2) is 24.3 Å². The van der Waals surface area contributed by atoms with Crippen molar-refractivity contribution in [3.8, 4) is 11.8 Å². The Bertz CT molecular complexity index is 631. The van der Waals surface area contributed by atoms with Crippen LogP contribution in [0.4, 0.5) is 0 Å². The fourth-order valence-corrected chi connectivity index (χ4v) is 2.34. The summed E-state index contributed by atoms with van der Waals surface area (Å²) in [6.45, 7) is 7.55. The van der Waals surface area contributed by atoms with Crippen LogP contribution in [0, 0.1) is 17.3 Å². The highest BCUT2D eigenvalue weighted by Crippen LogP contribution is 2.19. The number of carbonyl (C=O) groups is 2. The predicted molar refractivity (Wildman–Crippen MR) is 95.0 cm³/mol. The zero-order valence-electron chi connectivity index (χ0n) is 15.7. The van der Waals surface area contributed by atoms with E-state index in [0.717, 1.165) is 0 Å². The number of carbonyl (C=O) groups excluding carboxylic acids is 2. The largest absolute Gasteiger partial charge is 0.455 e. The Morgan fingerprint density at radius 3 is 2.54 bits per heavy atom. The van der Waals surface area contributed by atoms with E-state index in [-0.39, 0.29) is 36.9 Å². The van der Waals surface area contributed by atoms with E-state index in [1.54, 1.807) is 12.2 Å². The van der Waals surface area contributed by atoms with Crippen molar-refractivity contribution >= 4 is 11.9 Å². The summed E-state index contributed by atoms with van der Waals surface area (Å²) in [5, 5.41) is 0. The molecule has 2 aliphatic heterocycles. The van der Waals surface area contributed by atoms with Gasteiger partial charge in [-0.25, -0.2) is 0 Å². The fraction of sp³-hybridized carbons (Fsp3) is 0.600. The second-order valence-corrected chi connectivity index (χ2v) is 7.23. The normalized spacial score (nSPS) is 28.0. The molecule has 0 aromatic rings. The fourth-order valence-electron chi connectivity index (χ4n) is 2.34. The topological polar surface area (TPSA) is 71.1 Å². The number of ether oxygens (including phenoxy) is 4. The van der Waals surface area contributed by atoms with Crippen molar-refractivity contribution in [2.24, 2.45) is 5.41 Å². The summed E-state index contributed by atoms with van der Waals surface area (Å²) in [5.74, 6) is 5.41. The minimum Gasteiger partial charge on any atom is -0.455 e. The Labute approximate surface area is 154 Å². The molecule has 0 saturated heterocycles. The van der Waals surface area contributed by atoms with Crippen LogP contribution in [0.1, 0.15) is 34.1 Å². The predicted octanol–water partition coefficient (Wildman–Crippen LogP) is 2.18. The second kappa shape index (κ2) is 9.02. The smallest absolute Gasteiger partial charge is 0.311 e. The molecule has 4 atom stereocenters. The van der Waals surface area contributed by atoms with Gasteiger partial charge in [-0.1, -0.05) is 17.9 Å². The summed E-state index contributed by atoms with van der Waals surface area (Å²) in [7, 11) is 0. The maximum atomic E-state index is 11.9. The van der Waals surface area contributed by atoms with Crippen LogP contribution in [-0.2, 0) is 28.5 Å². The summed E-state index contributed by atoms with van der Waals surface area (Å²) in [4.78, 5) is 23.0. The average Bonchev–Trinajstić information content (AvgIpc) is 2.56. The third-order valence-corrected chi connectivity index (χ3v) is 3.76. The summed E-state index contributed by atoms with van der Waals surface area (Å²) in [6, 6.07) is 0. The van der Waals surface area contributed by atoms with Gasteiger partial charge in [-0.05, 0) is 39.0 Å². The van der Waals surface area contributed by atoms with E-state index in [2.05, 4.69) is 11.8 Å². The first-order valence-corrected chi connectivity index (χ1v) is 8.70. The monoisotopic (exact) mass is 362 g/mol. The quantitative estimate of drug-likeness (QED) is 0.435. The lowest BCUT2D eigenvalue weighted by molar-refractivity contribution is -0.159. The summed E-state index contributed by atoms with van der Waals surface area (Å²) in [6.07, 6.45) is 6.20. The highest BCUT2D eigenvalue weighted by atomic mass is 16.6. The summed E-state index contributed by atoms with van der Waals surface area (Å²) >= 11 is 0. The Morgan fingerprint density at radius 1 is 1.15 bits per heavy atom. The number of esters is 2. The van der Waals surface area contributed by atoms with Gasteiger partial charge in [-0.15, -0.1) is 0 Å². The van der Waals surface area contributed by atoms with Crippen molar-refractivity contribution in [1.29, 1.82) is 0 Å². The van der Waals surface area contributed by atoms with Crippen LogP contribution >= 0.6 is 0 Å². The van der Waals surface area contributed by atoms with Crippen molar-refractivity contribution < 1.29 is 28.5 Å². The Morgan fingerprint density at radius 2 is 1.92 bits per heavy atom. The molecule has 0 N–H and O–H groups in total. The highest BCUT2D eigenvalue weighted by molar-refractivity contribution is 5.75. The van der Waals surface area contributed by atoms with Gasteiger partial charge in [0.15, 0.2) is 0 Å². The van der Waals surface area contributed by atoms with Crippen LogP contribution in [0.2, 0.25) is 0 Å². The van der Waals surface area contributed by atoms with Gasteiger partial charge in [0.25, 0.3) is 0 Å². The minimum absolute atomic E-state index is 0.265. The lowest BCUT2D eigenvalue weighted by atomic mass is 9.97. The van der Waals surface area contributed by atoms with E-state index in [4.69, 9.17) is 18.9 Å². The molecule has 2 rings (SSSR count). The third-order valence-electron chi connectivity index (χ3n) is 3.76. The molecule has 0 aliphatic carbocycles. The van der Waals surface area contributed by atoms with Gasteiger partial charge in [-0.3, -0.25) is 9.59 Å². The van der Waals surface area contributed by atoms with Gasteiger partial charge in [0, 0.05) is 13.3 Å². The van der Waals surface area contributed by atoms with Crippen molar-refractivity contribution in [2.75, 3.05) is 13.2 Å². The highest BCUT2D eigenvalue weighted by Gasteiger charge is 2.27. The molecule has 1 unspecified atom stereocenters. The van der Waals surface area contributed by atoms with E-state index >= 15 is 0 Å². The molecule has 2 aliphatic rings. The molecule has 142 valence electrons. The SMILES string of the molecule is CC(=O)O[C@H]1C=CCO[C@@H]1CC#CC1C=C[C@@H](OC(=O)C(C)(C)C)CO1. The standard InChI is InChI=1S/C20H26O6/c1-14(21)25-18-9-6-12-23-17(18)8-5-7-15-10-11-16(13-24-15)26-19(22)20(2,3)4/h6,9-11,15-18H,8,12-13H2,1-4H3/t15?,16-,17-,18+/m1/s1. The van der Waals surface area contributed by atoms with Gasteiger partial charge >= 0.3 is 11.9 Å². The first-order valence-electron chi connectivity index (χ1n) is 8.70. The van der Waals surface area contributed by atoms with Crippen molar-refractivity contribution in [3.63, 3.8) is 0 Å². The lowest BCUT2D eigenvalue weighted by Gasteiger charge is -2.26. The zero-order chi connectivity index (χ0) is 19.2. The van der Waals surface area contributed by atoms with Crippen molar-refractivity contribution in [1.82, 2.24) is 0 Å². The molecule has 0 saturated carbocycles. The molecule has 0 fully saturated rings.